The average Bonchev–Trinajstić information content (AvgIpc) is 3.01. The maximum Gasteiger partial charge on any atom is 0.240 e. The fraction of sp³-hybridized carbons (Fsp3) is 0.211. The number of hydrogen-bond acceptors (Lipinski definition) is 5. The molecule has 0 saturated carbocycles. The van der Waals surface area contributed by atoms with Gasteiger partial charge in [-0.3, -0.25) is 14.6 Å². The molecule has 0 aliphatic carbocycles. The third-order valence-corrected chi connectivity index (χ3v) is 5.00. The van der Waals surface area contributed by atoms with Crippen molar-refractivity contribution in [1.82, 2.24) is 5.32 Å². The molecule has 1 saturated heterocycles. The summed E-state index contributed by atoms with van der Waals surface area (Å²) in [6, 6.07) is 13.4. The molecule has 0 aromatic heterocycles. The van der Waals surface area contributed by atoms with Crippen LogP contribution in [0.3, 0.4) is 0 Å². The molecular formula is C19H18FN3O3S. The SMILES string of the molecule is COc1ccccc1CN=C1NC(=O)C(CC(=O)Nc2ccccc2F)S1. The lowest BCUT2D eigenvalue weighted by molar-refractivity contribution is -0.122. The van der Waals surface area contributed by atoms with E-state index < -0.39 is 17.0 Å². The van der Waals surface area contributed by atoms with Crippen molar-refractivity contribution in [2.24, 2.45) is 4.99 Å². The highest BCUT2D eigenvalue weighted by Crippen LogP contribution is 2.25. The van der Waals surface area contributed by atoms with Crippen molar-refractivity contribution in [2.45, 2.75) is 18.2 Å². The van der Waals surface area contributed by atoms with E-state index in [0.717, 1.165) is 11.3 Å². The van der Waals surface area contributed by atoms with Crippen LogP contribution < -0.4 is 15.4 Å². The predicted molar refractivity (Wildman–Crippen MR) is 103 cm³/mol. The van der Waals surface area contributed by atoms with E-state index in [-0.39, 0.29) is 18.0 Å². The van der Waals surface area contributed by atoms with Crippen LogP contribution in [0.2, 0.25) is 0 Å². The van der Waals surface area contributed by atoms with E-state index in [4.69, 9.17) is 4.74 Å². The van der Waals surface area contributed by atoms with Crippen LogP contribution in [0.1, 0.15) is 12.0 Å². The van der Waals surface area contributed by atoms with Gasteiger partial charge in [-0.15, -0.1) is 0 Å². The topological polar surface area (TPSA) is 79.8 Å². The van der Waals surface area contributed by atoms with E-state index in [2.05, 4.69) is 15.6 Å². The van der Waals surface area contributed by atoms with Gasteiger partial charge in [-0.2, -0.15) is 0 Å². The molecule has 1 heterocycles. The minimum absolute atomic E-state index is 0.0709. The van der Waals surface area contributed by atoms with Crippen LogP contribution in [-0.4, -0.2) is 29.3 Å². The Labute approximate surface area is 160 Å². The Bertz CT molecular complexity index is 888. The highest BCUT2D eigenvalue weighted by atomic mass is 32.2. The van der Waals surface area contributed by atoms with Gasteiger partial charge in [0, 0.05) is 12.0 Å². The predicted octanol–water partition coefficient (Wildman–Crippen LogP) is 2.95. The first-order chi connectivity index (χ1) is 13.1. The van der Waals surface area contributed by atoms with Crippen LogP contribution in [0.15, 0.2) is 53.5 Å². The Morgan fingerprint density at radius 3 is 2.78 bits per heavy atom. The Morgan fingerprint density at radius 2 is 2.00 bits per heavy atom. The minimum atomic E-state index is -0.604. The van der Waals surface area contributed by atoms with Crippen LogP contribution in [0, 0.1) is 5.82 Å². The fourth-order valence-corrected chi connectivity index (χ4v) is 3.51. The Morgan fingerprint density at radius 1 is 1.26 bits per heavy atom. The molecule has 140 valence electrons. The van der Waals surface area contributed by atoms with Crippen molar-refractivity contribution in [3.05, 3.63) is 59.9 Å². The normalized spacial score (nSPS) is 17.6. The summed E-state index contributed by atoms with van der Waals surface area (Å²) in [5.74, 6) is -0.522. The molecule has 0 radical (unpaired) electrons. The van der Waals surface area contributed by atoms with Crippen LogP contribution in [-0.2, 0) is 16.1 Å². The number of rotatable bonds is 6. The highest BCUT2D eigenvalue weighted by molar-refractivity contribution is 8.15. The minimum Gasteiger partial charge on any atom is -0.496 e. The second-order valence-electron chi connectivity index (χ2n) is 5.76. The van der Waals surface area contributed by atoms with E-state index >= 15 is 0 Å². The zero-order valence-electron chi connectivity index (χ0n) is 14.6. The summed E-state index contributed by atoms with van der Waals surface area (Å²) in [4.78, 5) is 28.6. The molecule has 8 heteroatoms. The van der Waals surface area contributed by atoms with E-state index in [1.165, 1.54) is 30.0 Å². The third-order valence-electron chi connectivity index (χ3n) is 3.88. The van der Waals surface area contributed by atoms with Crippen molar-refractivity contribution in [3.8, 4) is 5.75 Å². The number of carbonyl (C=O) groups excluding carboxylic acids is 2. The summed E-state index contributed by atoms with van der Waals surface area (Å²) in [5, 5.41) is 5.00. The number of methoxy groups -OCH3 is 1. The number of anilines is 1. The van der Waals surface area contributed by atoms with Gasteiger partial charge < -0.3 is 15.4 Å². The third kappa shape index (κ3) is 4.85. The van der Waals surface area contributed by atoms with Crippen molar-refractivity contribution in [2.75, 3.05) is 12.4 Å². The molecule has 1 aliphatic heterocycles. The van der Waals surface area contributed by atoms with E-state index in [1.54, 1.807) is 13.2 Å². The smallest absolute Gasteiger partial charge is 0.240 e. The number of para-hydroxylation sites is 2. The van der Waals surface area contributed by atoms with E-state index in [9.17, 15) is 14.0 Å². The van der Waals surface area contributed by atoms with Gasteiger partial charge in [0.2, 0.25) is 11.8 Å². The van der Waals surface area contributed by atoms with Crippen LogP contribution >= 0.6 is 11.8 Å². The highest BCUT2D eigenvalue weighted by Gasteiger charge is 2.32. The number of aliphatic imine (C=N–C) groups is 1. The van der Waals surface area contributed by atoms with Gasteiger partial charge in [-0.25, -0.2) is 4.39 Å². The van der Waals surface area contributed by atoms with Crippen molar-refractivity contribution < 1.29 is 18.7 Å². The molecule has 1 aliphatic rings. The first-order valence-corrected chi connectivity index (χ1v) is 9.13. The molecule has 1 fully saturated rings. The summed E-state index contributed by atoms with van der Waals surface area (Å²) in [6.45, 7) is 0.348. The van der Waals surface area contributed by atoms with Crippen LogP contribution in [0.25, 0.3) is 0 Å². The van der Waals surface area contributed by atoms with Crippen molar-refractivity contribution in [1.29, 1.82) is 0 Å². The second-order valence-corrected chi connectivity index (χ2v) is 6.95. The summed E-state index contributed by atoms with van der Waals surface area (Å²) in [5.41, 5.74) is 0.985. The largest absolute Gasteiger partial charge is 0.496 e. The summed E-state index contributed by atoms with van der Waals surface area (Å²) < 4.78 is 18.9. The molecule has 2 aromatic rings. The number of amidine groups is 1. The van der Waals surface area contributed by atoms with Crippen LogP contribution in [0.4, 0.5) is 10.1 Å². The molecule has 2 aromatic carbocycles. The number of amides is 2. The van der Waals surface area contributed by atoms with E-state index in [1.807, 2.05) is 24.3 Å². The first-order valence-electron chi connectivity index (χ1n) is 8.25. The number of carbonyl (C=O) groups is 2. The number of thioether (sulfide) groups is 1. The molecule has 27 heavy (non-hydrogen) atoms. The van der Waals surface area contributed by atoms with Gasteiger partial charge in [0.1, 0.15) is 16.8 Å². The number of nitrogens with zero attached hydrogens (tertiary/aromatic N) is 1. The lowest BCUT2D eigenvalue weighted by Gasteiger charge is -2.08. The summed E-state index contributed by atoms with van der Waals surface area (Å²) in [6.07, 6.45) is -0.0709. The van der Waals surface area contributed by atoms with Gasteiger partial charge in [-0.1, -0.05) is 42.1 Å². The van der Waals surface area contributed by atoms with Gasteiger partial charge in [-0.05, 0) is 18.2 Å². The summed E-state index contributed by atoms with van der Waals surface area (Å²) >= 11 is 1.19. The molecular weight excluding hydrogens is 369 g/mol. The van der Waals surface area contributed by atoms with Gasteiger partial charge in [0.25, 0.3) is 0 Å². The lowest BCUT2D eigenvalue weighted by Crippen LogP contribution is -2.28. The number of benzene rings is 2. The maximum absolute atomic E-state index is 13.6. The molecule has 2 amide bonds. The van der Waals surface area contributed by atoms with Gasteiger partial charge in [0.05, 0.1) is 19.3 Å². The number of halogens is 1. The lowest BCUT2D eigenvalue weighted by atomic mass is 10.2. The molecule has 1 atom stereocenters. The fourth-order valence-electron chi connectivity index (χ4n) is 2.54. The molecule has 0 bridgehead atoms. The average molecular weight is 387 g/mol. The zero-order valence-corrected chi connectivity index (χ0v) is 15.4. The zero-order chi connectivity index (χ0) is 19.2. The molecule has 3 rings (SSSR count). The molecule has 2 N–H and O–H groups in total. The Hall–Kier alpha value is -2.87. The van der Waals surface area contributed by atoms with Crippen molar-refractivity contribution >= 4 is 34.4 Å². The molecule has 6 nitrogen and oxygen atoms in total. The monoisotopic (exact) mass is 387 g/mol. The van der Waals surface area contributed by atoms with Gasteiger partial charge >= 0.3 is 0 Å². The van der Waals surface area contributed by atoms with Gasteiger partial charge in [0.15, 0.2) is 5.17 Å². The Balaban J connectivity index is 1.58. The Kier molecular flexibility index (Phi) is 6.08. The quantitative estimate of drug-likeness (QED) is 0.799. The second kappa shape index (κ2) is 8.68. The molecule has 1 unspecified atom stereocenters. The first kappa shape index (κ1) is 18.9. The number of ether oxygens (including phenoxy) is 1. The van der Waals surface area contributed by atoms with Crippen LogP contribution in [0.5, 0.6) is 5.75 Å². The standard InChI is InChI=1S/C19H18FN3O3S/c1-26-15-9-5-2-6-12(15)11-21-19-23-18(25)16(27-19)10-17(24)22-14-8-4-3-7-13(14)20/h2-9,16H,10-11H2,1H3,(H,22,24)(H,21,23,25). The summed E-state index contributed by atoms with van der Waals surface area (Å²) in [7, 11) is 1.59. The maximum atomic E-state index is 13.6. The molecule has 0 spiro atoms. The number of nitrogens with one attached hydrogen (secondary N) is 2. The number of hydrogen-bond donors (Lipinski definition) is 2. The van der Waals surface area contributed by atoms with E-state index in [0.29, 0.717) is 11.7 Å². The van der Waals surface area contributed by atoms with Crippen molar-refractivity contribution in [3.63, 3.8) is 0 Å².